The van der Waals surface area contributed by atoms with E-state index in [1.807, 2.05) is 30.0 Å². The minimum atomic E-state index is -1.29. The molecule has 3 fully saturated rings. The summed E-state index contributed by atoms with van der Waals surface area (Å²) in [5.74, 6) is -2.50. The number of aromatic nitrogens is 3. The van der Waals surface area contributed by atoms with Gasteiger partial charge in [-0.1, -0.05) is 36.4 Å². The lowest BCUT2D eigenvalue weighted by Gasteiger charge is -2.47. The van der Waals surface area contributed by atoms with E-state index < -0.39 is 29.2 Å². The molecule has 15 heteroatoms. The number of piperidine rings is 2. The lowest BCUT2D eigenvalue weighted by molar-refractivity contribution is -0.120. The van der Waals surface area contributed by atoms with Crippen molar-refractivity contribution in [2.75, 3.05) is 42.9 Å². The number of halogens is 2. The van der Waals surface area contributed by atoms with Gasteiger partial charge in [0.15, 0.2) is 0 Å². The van der Waals surface area contributed by atoms with E-state index in [2.05, 4.69) is 54.8 Å². The van der Waals surface area contributed by atoms with E-state index in [1.54, 1.807) is 13.0 Å². The van der Waals surface area contributed by atoms with Crippen molar-refractivity contribution in [1.82, 2.24) is 30.1 Å². The van der Waals surface area contributed by atoms with Gasteiger partial charge < -0.3 is 20.3 Å². The van der Waals surface area contributed by atoms with Crippen LogP contribution < -0.4 is 15.5 Å². The molecule has 3 aliphatic heterocycles. The standard InChI is InChI=1S/C51H52F2N8O5/c1-30-5-8-34(23-43(30)61-18-13-44(62)58-49(61)65)48(64)60-21-16-51(17-22-60)14-19-59(20-15-51)28-32-6-9-33(10-7-32)42-27-39-45(54-29-55-46(39)56-42)38-25-36(52)26-41(31(38)2)57-47(63)37-12-11-35(24-40(37)53)50(3,4)66/h5-12,23-27,29,66H,13-22,28H2,1-4H3,(H,57,63)(H,54,55,56)(H,58,62,65). The maximum atomic E-state index is 15.2. The SMILES string of the molecule is Cc1ccc(C(=O)N2CCC3(CCN(Cc4ccc(-c5cc6c(-c7cc(F)cc(NC(=O)c8ccc(C(C)(C)O)cc8F)c7C)ncnc6[nH]5)cc4)CC3)CC2)cc1N1CCC(=O)NC1=O. The van der Waals surface area contributed by atoms with Crippen LogP contribution in [-0.4, -0.2) is 86.3 Å². The van der Waals surface area contributed by atoms with E-state index in [9.17, 15) is 24.3 Å². The predicted molar refractivity (Wildman–Crippen MR) is 248 cm³/mol. The van der Waals surface area contributed by atoms with E-state index in [-0.39, 0.29) is 41.4 Å². The summed E-state index contributed by atoms with van der Waals surface area (Å²) in [6, 6.07) is 21.8. The first-order valence-electron chi connectivity index (χ1n) is 22.4. The van der Waals surface area contributed by atoms with Gasteiger partial charge >= 0.3 is 6.03 Å². The number of aliphatic hydroxyl groups is 1. The number of carbonyl (C=O) groups is 4. The number of anilines is 2. The number of likely N-dealkylation sites (tertiary alicyclic amines) is 2. The highest BCUT2D eigenvalue weighted by atomic mass is 19.1. The molecule has 0 atom stereocenters. The van der Waals surface area contributed by atoms with Crippen LogP contribution in [0.15, 0.2) is 85.2 Å². The van der Waals surface area contributed by atoms with Crippen LogP contribution in [0.5, 0.6) is 0 Å². The third-order valence-electron chi connectivity index (χ3n) is 13.7. The van der Waals surface area contributed by atoms with Crippen LogP contribution in [0.2, 0.25) is 0 Å². The van der Waals surface area contributed by atoms with E-state index in [1.165, 1.54) is 54.9 Å². The fourth-order valence-corrected chi connectivity index (χ4v) is 9.56. The van der Waals surface area contributed by atoms with Crippen molar-refractivity contribution in [3.05, 3.63) is 130 Å². The quantitative estimate of drug-likeness (QED) is 0.112. The highest BCUT2D eigenvalue weighted by molar-refractivity contribution is 6.07. The van der Waals surface area contributed by atoms with Crippen LogP contribution in [0.1, 0.15) is 88.9 Å². The number of carbonyl (C=O) groups excluding carboxylic acids is 4. The molecular weight excluding hydrogens is 843 g/mol. The Bertz CT molecular complexity index is 2890. The summed E-state index contributed by atoms with van der Waals surface area (Å²) < 4.78 is 30.2. The summed E-state index contributed by atoms with van der Waals surface area (Å²) in [7, 11) is 0. The van der Waals surface area contributed by atoms with Crippen LogP contribution >= 0.6 is 0 Å². The van der Waals surface area contributed by atoms with Gasteiger partial charge in [0.1, 0.15) is 23.6 Å². The molecule has 66 heavy (non-hydrogen) atoms. The first kappa shape index (κ1) is 44.4. The molecule has 9 rings (SSSR count). The van der Waals surface area contributed by atoms with E-state index in [4.69, 9.17) is 0 Å². The summed E-state index contributed by atoms with van der Waals surface area (Å²) in [5.41, 5.74) is 6.18. The summed E-state index contributed by atoms with van der Waals surface area (Å²) in [4.78, 5) is 69.5. The van der Waals surface area contributed by atoms with Crippen molar-refractivity contribution >= 4 is 46.2 Å². The average Bonchev–Trinajstić information content (AvgIpc) is 3.74. The topological polar surface area (TPSA) is 164 Å². The number of fused-ring (bicyclic) bond motifs is 1. The number of H-pyrrole nitrogens is 1. The van der Waals surface area contributed by atoms with Crippen LogP contribution in [0.4, 0.5) is 25.0 Å². The molecule has 340 valence electrons. The first-order valence-corrected chi connectivity index (χ1v) is 22.4. The molecule has 13 nitrogen and oxygen atoms in total. The third-order valence-corrected chi connectivity index (χ3v) is 13.7. The number of nitrogens with zero attached hydrogens (tertiary/aromatic N) is 5. The average molecular weight is 895 g/mol. The third kappa shape index (κ3) is 8.92. The van der Waals surface area contributed by atoms with Crippen molar-refractivity contribution in [3.8, 4) is 22.5 Å². The summed E-state index contributed by atoms with van der Waals surface area (Å²) in [6.45, 7) is 11.1. The maximum absolute atomic E-state index is 15.2. The van der Waals surface area contributed by atoms with Gasteiger partial charge in [-0.25, -0.2) is 23.5 Å². The van der Waals surface area contributed by atoms with Crippen molar-refractivity contribution in [3.63, 3.8) is 0 Å². The van der Waals surface area contributed by atoms with Gasteiger partial charge in [-0.2, -0.15) is 0 Å². The molecule has 6 aromatic rings. The minimum Gasteiger partial charge on any atom is -0.386 e. The lowest BCUT2D eigenvalue weighted by Crippen LogP contribution is -2.50. The summed E-state index contributed by atoms with van der Waals surface area (Å²) in [6.07, 6.45) is 5.66. The summed E-state index contributed by atoms with van der Waals surface area (Å²) >= 11 is 0. The van der Waals surface area contributed by atoms with Gasteiger partial charge in [-0.3, -0.25) is 29.5 Å². The molecule has 0 radical (unpaired) electrons. The van der Waals surface area contributed by atoms with Crippen LogP contribution in [0, 0.1) is 30.9 Å². The Morgan fingerprint density at radius 2 is 1.59 bits per heavy atom. The number of aryl methyl sites for hydroxylation is 1. The molecule has 5 heterocycles. The van der Waals surface area contributed by atoms with E-state index in [0.29, 0.717) is 57.8 Å². The van der Waals surface area contributed by atoms with Crippen molar-refractivity contribution in [2.24, 2.45) is 5.41 Å². The van der Waals surface area contributed by atoms with Crippen LogP contribution in [0.3, 0.4) is 0 Å². The van der Waals surface area contributed by atoms with Crippen LogP contribution in [0.25, 0.3) is 33.5 Å². The number of amides is 5. The molecular formula is C51H52F2N8O5. The fourth-order valence-electron chi connectivity index (χ4n) is 9.56. The highest BCUT2D eigenvalue weighted by Gasteiger charge is 2.39. The monoisotopic (exact) mass is 894 g/mol. The van der Waals surface area contributed by atoms with Crippen molar-refractivity contribution < 1.29 is 33.1 Å². The zero-order valence-electron chi connectivity index (χ0n) is 37.4. The van der Waals surface area contributed by atoms with Crippen molar-refractivity contribution in [2.45, 2.75) is 71.9 Å². The molecule has 4 aromatic carbocycles. The molecule has 0 saturated carbocycles. The Morgan fingerprint density at radius 1 is 0.864 bits per heavy atom. The second-order valence-electron chi connectivity index (χ2n) is 18.5. The van der Waals surface area contributed by atoms with Crippen molar-refractivity contribution in [1.29, 1.82) is 0 Å². The number of nitrogens with one attached hydrogen (secondary N) is 3. The zero-order chi connectivity index (χ0) is 46.5. The molecule has 0 bridgehead atoms. The Morgan fingerprint density at radius 3 is 2.29 bits per heavy atom. The minimum absolute atomic E-state index is 0.0352. The number of aromatic amines is 1. The molecule has 5 amide bonds. The van der Waals surface area contributed by atoms with Gasteiger partial charge in [0.2, 0.25) is 5.91 Å². The number of hydrogen-bond donors (Lipinski definition) is 4. The smallest absolute Gasteiger partial charge is 0.328 e. The number of rotatable bonds is 9. The van der Waals surface area contributed by atoms with Gasteiger partial charge in [0, 0.05) is 66.2 Å². The Kier molecular flexibility index (Phi) is 11.8. The normalized spacial score (nSPS) is 16.8. The molecule has 3 aliphatic rings. The number of urea groups is 1. The molecule has 1 spiro atoms. The predicted octanol–water partition coefficient (Wildman–Crippen LogP) is 8.63. The molecule has 0 unspecified atom stereocenters. The number of hydrogen-bond acceptors (Lipinski definition) is 8. The second kappa shape index (κ2) is 17.5. The fraction of sp³-hybridized carbons (Fsp3) is 0.333. The Labute approximate surface area is 381 Å². The Hall–Kier alpha value is -6.84. The van der Waals surface area contributed by atoms with Gasteiger partial charge in [-0.15, -0.1) is 0 Å². The number of benzene rings is 4. The van der Waals surface area contributed by atoms with E-state index in [0.717, 1.165) is 68.2 Å². The lowest BCUT2D eigenvalue weighted by atomic mass is 9.71. The van der Waals surface area contributed by atoms with Gasteiger partial charge in [0.05, 0.1) is 16.9 Å². The first-order chi connectivity index (χ1) is 31.5. The molecule has 3 saturated heterocycles. The van der Waals surface area contributed by atoms with Gasteiger partial charge in [-0.05, 0) is 142 Å². The van der Waals surface area contributed by atoms with Crippen LogP contribution in [-0.2, 0) is 16.9 Å². The van der Waals surface area contributed by atoms with Gasteiger partial charge in [0.25, 0.3) is 11.8 Å². The zero-order valence-corrected chi connectivity index (χ0v) is 37.4. The maximum Gasteiger partial charge on any atom is 0.328 e. The second-order valence-corrected chi connectivity index (χ2v) is 18.5. The molecule has 4 N–H and O–H groups in total. The number of imide groups is 1. The largest absolute Gasteiger partial charge is 0.386 e. The Balaban J connectivity index is 0.817. The molecule has 2 aromatic heterocycles. The van der Waals surface area contributed by atoms with E-state index >= 15 is 8.78 Å². The summed E-state index contributed by atoms with van der Waals surface area (Å²) in [5, 5.41) is 16.0. The molecule has 0 aliphatic carbocycles. The highest BCUT2D eigenvalue weighted by Crippen LogP contribution is 2.42.